The fraction of sp³-hybridized carbons (Fsp3) is 0.611. The number of nitrogens with one attached hydrogen (secondary N) is 1. The van der Waals surface area contributed by atoms with Crippen LogP contribution >= 0.6 is 15.9 Å². The van der Waals surface area contributed by atoms with Gasteiger partial charge < -0.3 is 15.0 Å². The number of ether oxygens (including phenoxy) is 1. The predicted molar refractivity (Wildman–Crippen MR) is 95.8 cm³/mol. The standard InChI is InChI=1S/C18H24BrN3O/c1-20-17(22-8-6-18(11-22)7-9-23-12-18)21-16-10-15(16)13-2-4-14(19)5-3-13/h2-5,15-16H,6-12H2,1H3,(H,20,21). The molecule has 3 atom stereocenters. The normalized spacial score (nSPS) is 33.5. The highest BCUT2D eigenvalue weighted by atomic mass is 79.9. The highest BCUT2D eigenvalue weighted by molar-refractivity contribution is 9.10. The van der Waals surface area contributed by atoms with Crippen LogP contribution in [0.1, 0.15) is 30.7 Å². The minimum atomic E-state index is 0.381. The van der Waals surface area contributed by atoms with Crippen LogP contribution in [0.5, 0.6) is 0 Å². The SMILES string of the molecule is CN=C(NC1CC1c1ccc(Br)cc1)N1CCC2(CCOC2)C1. The summed E-state index contributed by atoms with van der Waals surface area (Å²) in [4.78, 5) is 6.95. The molecule has 1 saturated carbocycles. The fourth-order valence-electron chi connectivity index (χ4n) is 3.98. The molecule has 4 rings (SSSR count). The monoisotopic (exact) mass is 377 g/mol. The number of nitrogens with zero attached hydrogens (tertiary/aromatic N) is 2. The Morgan fingerprint density at radius 2 is 2.17 bits per heavy atom. The van der Waals surface area contributed by atoms with Crippen LogP contribution in [0.3, 0.4) is 0 Å². The van der Waals surface area contributed by atoms with E-state index in [0.717, 1.165) is 36.7 Å². The minimum absolute atomic E-state index is 0.381. The largest absolute Gasteiger partial charge is 0.381 e. The van der Waals surface area contributed by atoms with Gasteiger partial charge >= 0.3 is 0 Å². The summed E-state index contributed by atoms with van der Waals surface area (Å²) < 4.78 is 6.77. The first-order chi connectivity index (χ1) is 11.2. The summed E-state index contributed by atoms with van der Waals surface area (Å²) in [6.07, 6.45) is 3.63. The van der Waals surface area contributed by atoms with E-state index in [9.17, 15) is 0 Å². The van der Waals surface area contributed by atoms with Crippen molar-refractivity contribution in [1.29, 1.82) is 0 Å². The lowest BCUT2D eigenvalue weighted by Gasteiger charge is -2.25. The molecule has 5 heteroatoms. The quantitative estimate of drug-likeness (QED) is 0.635. The van der Waals surface area contributed by atoms with E-state index < -0.39 is 0 Å². The summed E-state index contributed by atoms with van der Waals surface area (Å²) in [5, 5.41) is 3.68. The molecule has 23 heavy (non-hydrogen) atoms. The second-order valence-electron chi connectivity index (χ2n) is 7.17. The molecular weight excluding hydrogens is 354 g/mol. The van der Waals surface area contributed by atoms with E-state index in [1.807, 2.05) is 7.05 Å². The lowest BCUT2D eigenvalue weighted by molar-refractivity contribution is 0.156. The molecule has 0 amide bonds. The number of halogens is 1. The van der Waals surface area contributed by atoms with Crippen LogP contribution in [0.25, 0.3) is 0 Å². The summed E-state index contributed by atoms with van der Waals surface area (Å²) >= 11 is 3.50. The maximum absolute atomic E-state index is 5.63. The van der Waals surface area contributed by atoms with Gasteiger partial charge in [0, 0.05) is 48.6 Å². The lowest BCUT2D eigenvalue weighted by Crippen LogP contribution is -2.42. The topological polar surface area (TPSA) is 36.9 Å². The van der Waals surface area contributed by atoms with Crippen molar-refractivity contribution in [2.24, 2.45) is 10.4 Å². The minimum Gasteiger partial charge on any atom is -0.381 e. The van der Waals surface area contributed by atoms with Crippen LogP contribution in [0.4, 0.5) is 0 Å². The molecule has 3 aliphatic rings. The van der Waals surface area contributed by atoms with Crippen LogP contribution in [0.2, 0.25) is 0 Å². The van der Waals surface area contributed by atoms with E-state index in [1.54, 1.807) is 0 Å². The van der Waals surface area contributed by atoms with Gasteiger partial charge in [-0.1, -0.05) is 28.1 Å². The summed E-state index contributed by atoms with van der Waals surface area (Å²) in [5.74, 6) is 1.68. The third-order valence-electron chi connectivity index (χ3n) is 5.54. The smallest absolute Gasteiger partial charge is 0.193 e. The number of aliphatic imine (C=N–C) groups is 1. The molecule has 4 nitrogen and oxygen atoms in total. The zero-order valence-corrected chi connectivity index (χ0v) is 15.2. The van der Waals surface area contributed by atoms with Crippen molar-refractivity contribution in [3.05, 3.63) is 34.3 Å². The molecule has 2 saturated heterocycles. The average molecular weight is 378 g/mol. The van der Waals surface area contributed by atoms with Crippen LogP contribution in [-0.4, -0.2) is 50.3 Å². The fourth-order valence-corrected chi connectivity index (χ4v) is 4.25. The molecule has 3 fully saturated rings. The van der Waals surface area contributed by atoms with Crippen molar-refractivity contribution in [3.63, 3.8) is 0 Å². The molecule has 1 aliphatic carbocycles. The van der Waals surface area contributed by atoms with Crippen molar-refractivity contribution in [3.8, 4) is 0 Å². The van der Waals surface area contributed by atoms with Crippen molar-refractivity contribution >= 4 is 21.9 Å². The summed E-state index contributed by atoms with van der Waals surface area (Å²) in [6, 6.07) is 9.22. The van der Waals surface area contributed by atoms with Crippen molar-refractivity contribution in [2.75, 3.05) is 33.4 Å². The Hall–Kier alpha value is -1.07. The van der Waals surface area contributed by atoms with Crippen LogP contribution in [0.15, 0.2) is 33.7 Å². The zero-order valence-electron chi connectivity index (χ0n) is 13.6. The van der Waals surface area contributed by atoms with Crippen LogP contribution in [0, 0.1) is 5.41 Å². The second-order valence-corrected chi connectivity index (χ2v) is 8.08. The Morgan fingerprint density at radius 1 is 1.35 bits per heavy atom. The summed E-state index contributed by atoms with van der Waals surface area (Å²) in [6.45, 7) is 4.03. The second kappa shape index (κ2) is 6.10. The summed E-state index contributed by atoms with van der Waals surface area (Å²) in [5.41, 5.74) is 1.80. The molecule has 2 aliphatic heterocycles. The zero-order chi connectivity index (χ0) is 15.9. The Labute approximate surface area is 146 Å². The molecular formula is C18H24BrN3O. The number of benzene rings is 1. The van der Waals surface area contributed by atoms with Crippen LogP contribution in [-0.2, 0) is 4.74 Å². The Bertz CT molecular complexity index is 595. The van der Waals surface area contributed by atoms with Gasteiger partial charge in [0.05, 0.1) is 6.61 Å². The van der Waals surface area contributed by atoms with E-state index in [0.29, 0.717) is 17.4 Å². The number of hydrogen-bond acceptors (Lipinski definition) is 2. The Kier molecular flexibility index (Phi) is 4.10. The number of likely N-dealkylation sites (tertiary alicyclic amines) is 1. The van der Waals surface area contributed by atoms with Gasteiger partial charge in [0.15, 0.2) is 5.96 Å². The van der Waals surface area contributed by atoms with Gasteiger partial charge in [-0.25, -0.2) is 0 Å². The molecule has 1 aromatic carbocycles. The molecule has 124 valence electrons. The highest BCUT2D eigenvalue weighted by Crippen LogP contribution is 2.42. The van der Waals surface area contributed by atoms with Gasteiger partial charge in [0.1, 0.15) is 0 Å². The van der Waals surface area contributed by atoms with Crippen molar-refractivity contribution in [2.45, 2.75) is 31.2 Å². The molecule has 0 radical (unpaired) electrons. The lowest BCUT2D eigenvalue weighted by atomic mass is 9.87. The van der Waals surface area contributed by atoms with E-state index in [4.69, 9.17) is 4.74 Å². The maximum Gasteiger partial charge on any atom is 0.193 e. The number of guanidine groups is 1. The Morgan fingerprint density at radius 3 is 2.87 bits per heavy atom. The first kappa shape index (κ1) is 15.5. The molecule has 0 aromatic heterocycles. The van der Waals surface area contributed by atoms with Crippen LogP contribution < -0.4 is 5.32 Å². The van der Waals surface area contributed by atoms with E-state index in [1.165, 1.54) is 24.8 Å². The van der Waals surface area contributed by atoms with Gasteiger partial charge in [0.2, 0.25) is 0 Å². The first-order valence-electron chi connectivity index (χ1n) is 8.51. The Balaban J connectivity index is 1.36. The molecule has 0 bridgehead atoms. The van der Waals surface area contributed by atoms with E-state index in [-0.39, 0.29) is 0 Å². The van der Waals surface area contributed by atoms with Gasteiger partial charge in [-0.3, -0.25) is 4.99 Å². The maximum atomic E-state index is 5.63. The van der Waals surface area contributed by atoms with Gasteiger partial charge in [0.25, 0.3) is 0 Å². The molecule has 1 N–H and O–H groups in total. The molecule has 1 aromatic rings. The first-order valence-corrected chi connectivity index (χ1v) is 9.30. The predicted octanol–water partition coefficient (Wildman–Crippen LogP) is 2.99. The third-order valence-corrected chi connectivity index (χ3v) is 6.07. The van der Waals surface area contributed by atoms with Crippen molar-refractivity contribution < 1.29 is 4.74 Å². The number of hydrogen-bond donors (Lipinski definition) is 1. The third kappa shape index (κ3) is 3.13. The summed E-state index contributed by atoms with van der Waals surface area (Å²) in [7, 11) is 1.90. The van der Waals surface area contributed by atoms with Gasteiger partial charge in [-0.15, -0.1) is 0 Å². The van der Waals surface area contributed by atoms with Gasteiger partial charge in [-0.05, 0) is 37.0 Å². The molecule has 2 heterocycles. The van der Waals surface area contributed by atoms with E-state index in [2.05, 4.69) is 55.4 Å². The van der Waals surface area contributed by atoms with Gasteiger partial charge in [-0.2, -0.15) is 0 Å². The molecule has 3 unspecified atom stereocenters. The molecule has 1 spiro atoms. The van der Waals surface area contributed by atoms with E-state index >= 15 is 0 Å². The average Bonchev–Trinajstić information content (AvgIpc) is 2.99. The number of rotatable bonds is 2. The van der Waals surface area contributed by atoms with Crippen molar-refractivity contribution in [1.82, 2.24) is 10.2 Å². The highest BCUT2D eigenvalue weighted by Gasteiger charge is 2.44.